The normalized spacial score (nSPS) is 14.6. The van der Waals surface area contributed by atoms with E-state index in [1.807, 2.05) is 0 Å². The summed E-state index contributed by atoms with van der Waals surface area (Å²) in [7, 11) is -9.90. The van der Waals surface area contributed by atoms with Crippen LogP contribution in [0.25, 0.3) is 0 Å². The molecule has 0 aromatic heterocycles. The predicted octanol–water partition coefficient (Wildman–Crippen LogP) is 18.9. The second-order valence-electron chi connectivity index (χ2n) is 26.2. The molecule has 0 aliphatic rings. The lowest BCUT2D eigenvalue weighted by Crippen LogP contribution is -2.30. The minimum atomic E-state index is -4.95. The number of phosphoric ester groups is 2. The zero-order valence-electron chi connectivity index (χ0n) is 56.6. The summed E-state index contributed by atoms with van der Waals surface area (Å²) in [5.74, 6) is 0.818. The topological polar surface area (TPSA) is 237 Å². The summed E-state index contributed by atoms with van der Waals surface area (Å²) >= 11 is 0. The third kappa shape index (κ3) is 61.3. The van der Waals surface area contributed by atoms with Crippen molar-refractivity contribution in [2.75, 3.05) is 39.6 Å². The van der Waals surface area contributed by atoms with Crippen LogP contribution in [0, 0.1) is 23.7 Å². The second-order valence-corrected chi connectivity index (χ2v) is 29.1. The van der Waals surface area contributed by atoms with E-state index in [0.717, 1.165) is 115 Å². The molecular weight excluding hydrogens is 1150 g/mol. The monoisotopic (exact) mass is 1280 g/mol. The summed E-state index contributed by atoms with van der Waals surface area (Å²) < 4.78 is 68.2. The van der Waals surface area contributed by atoms with Crippen LogP contribution in [0.1, 0.15) is 331 Å². The highest BCUT2D eigenvalue weighted by Gasteiger charge is 2.30. The lowest BCUT2D eigenvalue weighted by molar-refractivity contribution is -0.161. The highest BCUT2D eigenvalue weighted by Crippen LogP contribution is 2.45. The van der Waals surface area contributed by atoms with Crippen LogP contribution in [0.3, 0.4) is 0 Å². The number of unbranched alkanes of at least 4 members (excludes halogenated alkanes) is 30. The minimum absolute atomic E-state index is 0.105. The van der Waals surface area contributed by atoms with Crippen molar-refractivity contribution in [1.29, 1.82) is 0 Å². The van der Waals surface area contributed by atoms with E-state index < -0.39 is 97.5 Å². The molecule has 3 unspecified atom stereocenters. The number of aliphatic hydroxyl groups excluding tert-OH is 1. The van der Waals surface area contributed by atoms with Gasteiger partial charge >= 0.3 is 39.5 Å². The molecule has 0 aromatic rings. The van der Waals surface area contributed by atoms with Gasteiger partial charge < -0.3 is 33.8 Å². The van der Waals surface area contributed by atoms with E-state index in [1.165, 1.54) is 122 Å². The van der Waals surface area contributed by atoms with E-state index in [2.05, 4.69) is 55.4 Å². The Hall–Kier alpha value is -1.94. The van der Waals surface area contributed by atoms with Gasteiger partial charge in [-0.05, 0) is 49.4 Å². The molecule has 0 amide bonds. The van der Waals surface area contributed by atoms with Crippen molar-refractivity contribution in [1.82, 2.24) is 0 Å². The fourth-order valence-corrected chi connectivity index (χ4v) is 11.7. The smallest absolute Gasteiger partial charge is 0.462 e. The highest BCUT2D eigenvalue weighted by atomic mass is 31.2. The van der Waals surface area contributed by atoms with Crippen molar-refractivity contribution >= 4 is 39.5 Å². The van der Waals surface area contributed by atoms with E-state index in [0.29, 0.717) is 37.5 Å². The van der Waals surface area contributed by atoms with Crippen LogP contribution in [0.15, 0.2) is 0 Å². The van der Waals surface area contributed by atoms with Gasteiger partial charge in [0.1, 0.15) is 19.3 Å². The predicted molar refractivity (Wildman–Crippen MR) is 349 cm³/mol. The zero-order valence-corrected chi connectivity index (χ0v) is 58.4. The molecule has 0 rings (SSSR count). The lowest BCUT2D eigenvalue weighted by Gasteiger charge is -2.21. The van der Waals surface area contributed by atoms with Crippen LogP contribution in [-0.4, -0.2) is 96.7 Å². The van der Waals surface area contributed by atoms with Gasteiger partial charge in [-0.2, -0.15) is 0 Å². The quantitative estimate of drug-likeness (QED) is 0.0222. The molecule has 17 nitrogen and oxygen atoms in total. The molecule has 19 heteroatoms. The second kappa shape index (κ2) is 57.9. The van der Waals surface area contributed by atoms with Gasteiger partial charge in [0.05, 0.1) is 26.4 Å². The van der Waals surface area contributed by atoms with Crippen molar-refractivity contribution in [3.05, 3.63) is 0 Å². The van der Waals surface area contributed by atoms with Crippen molar-refractivity contribution in [3.8, 4) is 0 Å². The van der Waals surface area contributed by atoms with E-state index in [-0.39, 0.29) is 25.7 Å². The summed E-state index contributed by atoms with van der Waals surface area (Å²) in [6, 6.07) is 0. The third-order valence-corrected chi connectivity index (χ3v) is 17.8. The summed E-state index contributed by atoms with van der Waals surface area (Å²) in [6.45, 7) is 14.0. The maximum absolute atomic E-state index is 13.0. The van der Waals surface area contributed by atoms with Gasteiger partial charge in [-0.25, -0.2) is 9.13 Å². The average molecular weight is 1280 g/mol. The first-order valence-corrected chi connectivity index (χ1v) is 38.2. The van der Waals surface area contributed by atoms with Crippen LogP contribution < -0.4 is 0 Å². The first-order chi connectivity index (χ1) is 41.6. The Labute approximate surface area is 530 Å². The van der Waals surface area contributed by atoms with Crippen LogP contribution in [0.5, 0.6) is 0 Å². The van der Waals surface area contributed by atoms with E-state index >= 15 is 0 Å². The summed E-state index contributed by atoms with van der Waals surface area (Å²) in [5.41, 5.74) is 0. The van der Waals surface area contributed by atoms with Crippen LogP contribution in [0.2, 0.25) is 0 Å². The molecular formula is C68H132O17P2. The molecule has 0 aliphatic heterocycles. The third-order valence-electron chi connectivity index (χ3n) is 15.9. The number of rotatable bonds is 65. The number of esters is 4. The standard InChI is InChI=1S/C68H132O17P2/c1-9-61(8)47-39-31-22-16-13-14-18-24-35-43-51-68(73)84-63(54-78-65(70)48-40-32-25-19-21-29-37-45-59(4)5)56-82-86(74,75)80-52-62(69)53-81-87(76,77)83-57-64(55-79-66(71)49-41-33-27-26-30-38-46-60(6)7)85-67(72)50-42-34-23-17-12-10-11-15-20-28-36-44-58(2)3/h58-64,69H,9-57H2,1-8H3,(H,74,75)(H,76,77)/t61?,62-,63-,64-/m1/s1. The number of ether oxygens (including phenoxy) is 4. The molecule has 3 N–H and O–H groups in total. The van der Waals surface area contributed by atoms with Crippen molar-refractivity contribution in [3.63, 3.8) is 0 Å². The number of hydrogen-bond donors (Lipinski definition) is 3. The number of hydrogen-bond acceptors (Lipinski definition) is 15. The Balaban J connectivity index is 5.25. The minimum Gasteiger partial charge on any atom is -0.462 e. The van der Waals surface area contributed by atoms with Crippen LogP contribution >= 0.6 is 15.6 Å². The summed E-state index contributed by atoms with van der Waals surface area (Å²) in [6.07, 6.45) is 39.1. The molecule has 0 radical (unpaired) electrons. The maximum atomic E-state index is 13.0. The first-order valence-electron chi connectivity index (χ1n) is 35.2. The molecule has 0 fully saturated rings. The molecule has 0 bridgehead atoms. The largest absolute Gasteiger partial charge is 0.472 e. The van der Waals surface area contributed by atoms with E-state index in [9.17, 15) is 43.2 Å². The van der Waals surface area contributed by atoms with Crippen molar-refractivity contribution in [2.45, 2.75) is 350 Å². The average Bonchev–Trinajstić information content (AvgIpc) is 3.65. The van der Waals surface area contributed by atoms with Gasteiger partial charge in [0.2, 0.25) is 0 Å². The number of carbonyl (C=O) groups is 4. The van der Waals surface area contributed by atoms with Gasteiger partial charge in [-0.1, -0.05) is 280 Å². The molecule has 0 saturated heterocycles. The fraction of sp³-hybridized carbons (Fsp3) is 0.941. The van der Waals surface area contributed by atoms with Gasteiger partial charge in [-0.3, -0.25) is 37.3 Å². The Morgan fingerprint density at radius 1 is 0.322 bits per heavy atom. The van der Waals surface area contributed by atoms with Crippen molar-refractivity contribution < 1.29 is 80.2 Å². The lowest BCUT2D eigenvalue weighted by atomic mass is 9.99. The Kier molecular flexibility index (Phi) is 56.6. The SMILES string of the molecule is CCC(C)CCCCCCCCCCCCC(=O)O[C@H](COC(=O)CCCCCCCCCC(C)C)COP(=O)(O)OC[C@@H](O)COP(=O)(O)OC[C@@H](COC(=O)CCCCCCCCC(C)C)OC(=O)CCCCCCCCCCCCCC(C)C. The molecule has 0 spiro atoms. The number of phosphoric acid groups is 2. The maximum Gasteiger partial charge on any atom is 0.472 e. The Bertz CT molecular complexity index is 1730. The molecule has 0 heterocycles. The molecule has 0 aliphatic carbocycles. The number of aliphatic hydroxyl groups is 1. The van der Waals surface area contributed by atoms with Crippen LogP contribution in [-0.2, 0) is 65.4 Å². The van der Waals surface area contributed by atoms with Gasteiger partial charge in [0.25, 0.3) is 0 Å². The van der Waals surface area contributed by atoms with E-state index in [4.69, 9.17) is 37.0 Å². The van der Waals surface area contributed by atoms with Crippen molar-refractivity contribution in [2.24, 2.45) is 23.7 Å². The van der Waals surface area contributed by atoms with Crippen LogP contribution in [0.4, 0.5) is 0 Å². The summed E-state index contributed by atoms with van der Waals surface area (Å²) in [4.78, 5) is 72.4. The molecule has 6 atom stereocenters. The fourth-order valence-electron chi connectivity index (χ4n) is 10.1. The Morgan fingerprint density at radius 2 is 0.552 bits per heavy atom. The van der Waals surface area contributed by atoms with Gasteiger partial charge in [0, 0.05) is 25.7 Å². The number of carbonyl (C=O) groups excluding carboxylic acids is 4. The Morgan fingerprint density at radius 3 is 0.816 bits per heavy atom. The van der Waals surface area contributed by atoms with Gasteiger partial charge in [0.15, 0.2) is 12.2 Å². The van der Waals surface area contributed by atoms with E-state index in [1.54, 1.807) is 0 Å². The molecule has 516 valence electrons. The molecule has 87 heavy (non-hydrogen) atoms. The first kappa shape index (κ1) is 85.1. The molecule has 0 saturated carbocycles. The molecule has 0 aromatic carbocycles. The zero-order chi connectivity index (χ0) is 64.7. The van der Waals surface area contributed by atoms with Gasteiger partial charge in [-0.15, -0.1) is 0 Å². The summed E-state index contributed by atoms with van der Waals surface area (Å²) in [5, 5.41) is 10.6. The highest BCUT2D eigenvalue weighted by molar-refractivity contribution is 7.47.